The molecule has 8 nitrogen and oxygen atoms in total. The number of ether oxygens (including phenoxy) is 3. The fourth-order valence-electron chi connectivity index (χ4n) is 5.56. The van der Waals surface area contributed by atoms with E-state index in [1.807, 2.05) is 25.7 Å². The number of aromatic nitrogens is 1. The van der Waals surface area contributed by atoms with E-state index in [0.717, 1.165) is 79.6 Å². The van der Waals surface area contributed by atoms with Crippen molar-refractivity contribution in [2.45, 2.75) is 105 Å². The predicted octanol–water partition coefficient (Wildman–Crippen LogP) is 7.57. The summed E-state index contributed by atoms with van der Waals surface area (Å²) < 4.78 is 30.0. The summed E-state index contributed by atoms with van der Waals surface area (Å²) in [6, 6.07) is 4.15. The molecule has 4 rings (SSSR count). The lowest BCUT2D eigenvalue weighted by atomic mass is 9.83. The molecular weight excluding hydrogens is 560 g/mol. The molecule has 2 heterocycles. The number of nitrogens with zero attached hydrogens (tertiary/aromatic N) is 2. The topological polar surface area (TPSA) is 83.3 Å². The number of hydrogen-bond acceptors (Lipinski definition) is 7. The predicted molar refractivity (Wildman–Crippen MR) is 170 cm³/mol. The second-order valence-electron chi connectivity index (χ2n) is 14.5. The van der Waals surface area contributed by atoms with Crippen molar-refractivity contribution in [3.8, 4) is 17.6 Å². The highest BCUT2D eigenvalue weighted by molar-refractivity contribution is 6.48. The lowest BCUT2D eigenvalue weighted by molar-refractivity contribution is 0.0181. The summed E-state index contributed by atoms with van der Waals surface area (Å²) in [4.78, 5) is 14.3. The number of amides is 1. The van der Waals surface area contributed by atoms with Gasteiger partial charge in [0.05, 0.1) is 22.8 Å². The molecule has 0 spiro atoms. The molecule has 2 aliphatic rings. The molecule has 1 saturated heterocycles. The molecule has 1 aromatic carbocycles. The van der Waals surface area contributed by atoms with Gasteiger partial charge in [-0.25, -0.2) is 4.79 Å². The van der Waals surface area contributed by atoms with Gasteiger partial charge in [0.25, 0.3) is 0 Å². The van der Waals surface area contributed by atoms with Crippen molar-refractivity contribution in [2.24, 2.45) is 16.7 Å². The summed E-state index contributed by atoms with van der Waals surface area (Å²) in [5, 5.41) is 5.60. The van der Waals surface area contributed by atoms with E-state index < -0.39 is 14.6 Å². The van der Waals surface area contributed by atoms with Gasteiger partial charge in [-0.05, 0) is 95.9 Å². The average Bonchev–Trinajstić information content (AvgIpc) is 3.57. The normalized spacial score (nSPS) is 18.0. The molecule has 1 atom stereocenters. The van der Waals surface area contributed by atoms with Crippen LogP contribution < -0.4 is 4.74 Å². The van der Waals surface area contributed by atoms with E-state index in [1.54, 1.807) is 7.11 Å². The number of likely N-dealkylation sites (tertiary alicyclic amines) is 1. The van der Waals surface area contributed by atoms with E-state index in [-0.39, 0.29) is 23.0 Å². The second kappa shape index (κ2) is 13.6. The van der Waals surface area contributed by atoms with Gasteiger partial charge in [0.15, 0.2) is 5.58 Å². The number of fused-ring (bicyclic) bond motifs is 1. The Morgan fingerprint density at radius 1 is 1.16 bits per heavy atom. The maximum atomic E-state index is 12.5. The molecule has 1 unspecified atom stereocenters. The summed E-state index contributed by atoms with van der Waals surface area (Å²) >= 11 is 0. The summed E-state index contributed by atoms with van der Waals surface area (Å²) in [7, 11) is 0.643. The first-order valence-electron chi connectivity index (χ1n) is 15.7. The molecule has 237 valence electrons. The number of rotatable bonds is 10. The van der Waals surface area contributed by atoms with Crippen LogP contribution in [-0.4, -0.2) is 64.2 Å². The maximum absolute atomic E-state index is 12.5. The highest BCUT2D eigenvalue weighted by atomic mass is 28.3. The van der Waals surface area contributed by atoms with Crippen LogP contribution in [-0.2, 0) is 20.3 Å². The number of piperidine rings is 1. The summed E-state index contributed by atoms with van der Waals surface area (Å²) in [6.45, 7) is 19.0. The van der Waals surface area contributed by atoms with Crippen molar-refractivity contribution in [1.82, 2.24) is 10.1 Å². The van der Waals surface area contributed by atoms with Gasteiger partial charge < -0.3 is 28.1 Å². The van der Waals surface area contributed by atoms with Crippen LogP contribution in [0.2, 0.25) is 13.1 Å². The molecule has 1 radical (unpaired) electrons. The molecule has 2 fully saturated rings. The van der Waals surface area contributed by atoms with Crippen molar-refractivity contribution < 1.29 is 28.0 Å². The van der Waals surface area contributed by atoms with Crippen molar-refractivity contribution in [1.29, 1.82) is 0 Å². The Morgan fingerprint density at radius 2 is 1.86 bits per heavy atom. The Morgan fingerprint density at radius 3 is 2.44 bits per heavy atom. The number of hydrogen-bond donors (Lipinski definition) is 0. The first kappa shape index (κ1) is 33.4. The first-order chi connectivity index (χ1) is 20.2. The van der Waals surface area contributed by atoms with Gasteiger partial charge in [-0.15, -0.1) is 0 Å². The molecule has 2 aromatic rings. The minimum Gasteiger partial charge on any atom is -0.491 e. The van der Waals surface area contributed by atoms with Gasteiger partial charge in [-0.2, -0.15) is 0 Å². The Balaban J connectivity index is 1.52. The largest absolute Gasteiger partial charge is 0.491 e. The molecule has 43 heavy (non-hydrogen) atoms. The van der Waals surface area contributed by atoms with Crippen LogP contribution in [0.5, 0.6) is 5.75 Å². The van der Waals surface area contributed by atoms with Crippen molar-refractivity contribution in [2.75, 3.05) is 33.4 Å². The number of carbonyl (C=O) groups is 1. The van der Waals surface area contributed by atoms with Crippen molar-refractivity contribution in [3.63, 3.8) is 0 Å². The van der Waals surface area contributed by atoms with E-state index in [4.69, 9.17) is 23.2 Å². The molecule has 0 bridgehead atoms. The zero-order valence-corrected chi connectivity index (χ0v) is 28.7. The fourth-order valence-corrected chi connectivity index (χ4v) is 6.50. The number of carbonyl (C=O) groups excluding carboxylic acids is 1. The third-order valence-corrected chi connectivity index (χ3v) is 8.81. The van der Waals surface area contributed by atoms with Gasteiger partial charge in [-0.1, -0.05) is 37.8 Å². The van der Waals surface area contributed by atoms with Gasteiger partial charge in [0, 0.05) is 25.6 Å². The van der Waals surface area contributed by atoms with Crippen molar-refractivity contribution >= 4 is 26.1 Å². The second-order valence-corrected chi connectivity index (χ2v) is 16.6. The smallest absolute Gasteiger partial charge is 0.410 e. The van der Waals surface area contributed by atoms with Crippen LogP contribution in [0.25, 0.3) is 11.0 Å². The standard InChI is InChI=1S/C34H51N2O6Si/c1-32(2,3)30(42-43(8)9)28-27(39-23-34(18-19-34)17-10-22-38-7)14-12-25-26(35-41-29(25)28)13-11-24-15-20-36(21-16-24)31(37)40-33(4,5)6/h12,14,24,30H,11,13,15-16,18-23H2,1-9H3. The van der Waals surface area contributed by atoms with E-state index >= 15 is 0 Å². The fraction of sp³-hybridized carbons (Fsp3) is 0.706. The zero-order valence-electron chi connectivity index (χ0n) is 27.7. The molecule has 1 saturated carbocycles. The van der Waals surface area contributed by atoms with Crippen LogP contribution in [0.15, 0.2) is 16.7 Å². The minimum atomic E-state index is -1.02. The molecule has 0 N–H and O–H groups in total. The lowest BCUT2D eigenvalue weighted by Gasteiger charge is -2.33. The Bertz CT molecular complexity index is 1300. The van der Waals surface area contributed by atoms with Gasteiger partial charge in [0.1, 0.15) is 24.6 Å². The monoisotopic (exact) mass is 611 g/mol. The Hall–Kier alpha value is -2.54. The minimum absolute atomic E-state index is 0.112. The highest BCUT2D eigenvalue weighted by Gasteiger charge is 2.43. The molecular formula is C34H51N2O6Si. The van der Waals surface area contributed by atoms with Crippen molar-refractivity contribution in [3.05, 3.63) is 23.4 Å². The molecule has 1 amide bonds. The third kappa shape index (κ3) is 8.99. The van der Waals surface area contributed by atoms with Gasteiger partial charge >= 0.3 is 6.09 Å². The van der Waals surface area contributed by atoms with E-state index in [1.165, 1.54) is 0 Å². The van der Waals surface area contributed by atoms with Gasteiger partial charge in [0.2, 0.25) is 9.04 Å². The Kier molecular flexibility index (Phi) is 10.6. The summed E-state index contributed by atoms with van der Waals surface area (Å²) in [6.07, 6.45) is 5.38. The number of aryl methyl sites for hydroxylation is 1. The summed E-state index contributed by atoms with van der Waals surface area (Å²) in [5.41, 5.74) is 1.90. The molecule has 1 aromatic heterocycles. The third-order valence-electron chi connectivity index (χ3n) is 8.10. The maximum Gasteiger partial charge on any atom is 0.410 e. The van der Waals surface area contributed by atoms with Crippen LogP contribution in [0.3, 0.4) is 0 Å². The SMILES string of the molecule is COCC#CC1(COc2ccc3c(CCC4CCN(C(=O)OC(C)(C)C)CC4)noc3c2C(O[Si](C)C)C(C)(C)C)CC1. The average molecular weight is 612 g/mol. The number of benzene rings is 1. The quantitative estimate of drug-likeness (QED) is 0.202. The van der Waals surface area contributed by atoms with Crippen LogP contribution in [0, 0.1) is 28.6 Å². The molecule has 9 heteroatoms. The lowest BCUT2D eigenvalue weighted by Crippen LogP contribution is -2.41. The Labute approximate surface area is 259 Å². The van der Waals surface area contributed by atoms with Crippen LogP contribution in [0.4, 0.5) is 4.79 Å². The highest BCUT2D eigenvalue weighted by Crippen LogP contribution is 2.48. The summed E-state index contributed by atoms with van der Waals surface area (Å²) in [5.74, 6) is 7.81. The van der Waals surface area contributed by atoms with Crippen LogP contribution in [0.1, 0.15) is 91.0 Å². The van der Waals surface area contributed by atoms with Crippen LogP contribution >= 0.6 is 0 Å². The van der Waals surface area contributed by atoms with Gasteiger partial charge in [-0.3, -0.25) is 0 Å². The number of methoxy groups -OCH3 is 1. The first-order valence-corrected chi connectivity index (χ1v) is 18.1. The molecule has 1 aliphatic heterocycles. The van der Waals surface area contributed by atoms with E-state index in [0.29, 0.717) is 19.1 Å². The molecule has 1 aliphatic carbocycles. The van der Waals surface area contributed by atoms with E-state index in [9.17, 15) is 4.79 Å². The zero-order chi connectivity index (χ0) is 31.4. The van der Waals surface area contributed by atoms with E-state index in [2.05, 4.69) is 63.0 Å².